The summed E-state index contributed by atoms with van der Waals surface area (Å²) < 4.78 is 0. The van der Waals surface area contributed by atoms with Gasteiger partial charge in [0.15, 0.2) is 0 Å². The maximum atomic E-state index is 4.50. The first-order valence-electron chi connectivity index (χ1n) is 6.89. The molecule has 0 aliphatic rings. The number of aryl methyl sites for hydroxylation is 1. The molecule has 96 valence electrons. The molecule has 0 aliphatic heterocycles. The van der Waals surface area contributed by atoms with Crippen LogP contribution in [-0.2, 0) is 6.54 Å². The first kappa shape index (κ1) is 14.2. The van der Waals surface area contributed by atoms with Crippen molar-refractivity contribution in [2.45, 2.75) is 53.0 Å². The van der Waals surface area contributed by atoms with Gasteiger partial charge in [-0.1, -0.05) is 39.2 Å². The van der Waals surface area contributed by atoms with Crippen LogP contribution in [0.25, 0.3) is 0 Å². The molecule has 0 amide bonds. The highest BCUT2D eigenvalue weighted by Crippen LogP contribution is 2.11. The van der Waals surface area contributed by atoms with Crippen molar-refractivity contribution in [1.29, 1.82) is 0 Å². The van der Waals surface area contributed by atoms with E-state index in [1.54, 1.807) is 0 Å². The minimum Gasteiger partial charge on any atom is -0.311 e. The Morgan fingerprint density at radius 3 is 2.76 bits per heavy atom. The zero-order chi connectivity index (χ0) is 12.5. The van der Waals surface area contributed by atoms with Crippen molar-refractivity contribution in [2.24, 2.45) is 5.92 Å². The number of unbranched alkanes of at least 4 members (excludes halogenated alkanes) is 1. The van der Waals surface area contributed by atoms with Gasteiger partial charge in [-0.2, -0.15) is 0 Å². The van der Waals surface area contributed by atoms with Gasteiger partial charge in [-0.25, -0.2) is 0 Å². The van der Waals surface area contributed by atoms with Crippen LogP contribution in [0.2, 0.25) is 0 Å². The minimum atomic E-state index is 0.819. The number of nitrogens with one attached hydrogen (secondary N) is 1. The fraction of sp³-hybridized carbons (Fsp3) is 0.667. The van der Waals surface area contributed by atoms with Crippen molar-refractivity contribution in [1.82, 2.24) is 10.3 Å². The fourth-order valence-corrected chi connectivity index (χ4v) is 2.05. The zero-order valence-corrected chi connectivity index (χ0v) is 11.5. The summed E-state index contributed by atoms with van der Waals surface area (Å²) in [4.78, 5) is 4.50. The Balaban J connectivity index is 2.26. The number of hydrogen-bond donors (Lipinski definition) is 1. The van der Waals surface area contributed by atoms with E-state index in [4.69, 9.17) is 0 Å². The van der Waals surface area contributed by atoms with E-state index in [9.17, 15) is 0 Å². The Labute approximate surface area is 106 Å². The Bertz CT molecular complexity index is 310. The molecular formula is C15H26N2. The van der Waals surface area contributed by atoms with Crippen LogP contribution in [0.1, 0.15) is 50.9 Å². The monoisotopic (exact) mass is 234 g/mol. The summed E-state index contributed by atoms with van der Waals surface area (Å²) in [7, 11) is 0. The molecule has 1 N–H and O–H groups in total. The lowest BCUT2D eigenvalue weighted by Gasteiger charge is -2.15. The molecule has 2 nitrogen and oxygen atoms in total. The van der Waals surface area contributed by atoms with Crippen molar-refractivity contribution >= 4 is 0 Å². The van der Waals surface area contributed by atoms with Crippen LogP contribution in [-0.4, -0.2) is 11.5 Å². The first-order chi connectivity index (χ1) is 8.26. The number of rotatable bonds is 8. The quantitative estimate of drug-likeness (QED) is 0.742. The summed E-state index contributed by atoms with van der Waals surface area (Å²) in [6.45, 7) is 8.60. The zero-order valence-electron chi connectivity index (χ0n) is 11.5. The van der Waals surface area contributed by atoms with Crippen LogP contribution < -0.4 is 5.32 Å². The first-order valence-corrected chi connectivity index (χ1v) is 6.89. The molecule has 0 radical (unpaired) electrons. The summed E-state index contributed by atoms with van der Waals surface area (Å²) in [5.74, 6) is 0.819. The van der Waals surface area contributed by atoms with Crippen LogP contribution in [0.5, 0.6) is 0 Å². The van der Waals surface area contributed by atoms with E-state index in [2.05, 4.69) is 36.3 Å². The van der Waals surface area contributed by atoms with Crippen molar-refractivity contribution < 1.29 is 0 Å². The highest BCUT2D eigenvalue weighted by atomic mass is 14.9. The molecule has 17 heavy (non-hydrogen) atoms. The van der Waals surface area contributed by atoms with Crippen LogP contribution >= 0.6 is 0 Å². The van der Waals surface area contributed by atoms with Gasteiger partial charge in [0.1, 0.15) is 0 Å². The Morgan fingerprint density at radius 1 is 1.29 bits per heavy atom. The highest BCUT2D eigenvalue weighted by Gasteiger charge is 2.05. The molecular weight excluding hydrogens is 208 g/mol. The molecule has 0 aromatic carbocycles. The molecule has 1 aromatic heterocycles. The number of pyridine rings is 1. The standard InChI is InChI=1S/C15H26N2/c1-4-6-9-14(5-2)11-16-12-15-10-7-8-13(3)17-15/h7-8,10,14,16H,4-6,9,11-12H2,1-3H3. The second-order valence-corrected chi connectivity index (χ2v) is 4.82. The van der Waals surface area contributed by atoms with E-state index in [1.165, 1.54) is 25.7 Å². The van der Waals surface area contributed by atoms with Crippen LogP contribution in [0.3, 0.4) is 0 Å². The van der Waals surface area contributed by atoms with Gasteiger partial charge in [0.05, 0.1) is 5.69 Å². The topological polar surface area (TPSA) is 24.9 Å². The van der Waals surface area contributed by atoms with E-state index in [-0.39, 0.29) is 0 Å². The van der Waals surface area contributed by atoms with Gasteiger partial charge in [-0.15, -0.1) is 0 Å². The molecule has 1 aromatic rings. The molecule has 0 saturated carbocycles. The second-order valence-electron chi connectivity index (χ2n) is 4.82. The van der Waals surface area contributed by atoms with Crippen molar-refractivity contribution in [3.8, 4) is 0 Å². The normalized spacial score (nSPS) is 12.6. The second kappa shape index (κ2) is 8.24. The van der Waals surface area contributed by atoms with Gasteiger partial charge in [0, 0.05) is 12.2 Å². The predicted octanol–water partition coefficient (Wildman–Crippen LogP) is 3.70. The third-order valence-electron chi connectivity index (χ3n) is 3.23. The van der Waals surface area contributed by atoms with Gasteiger partial charge in [0.2, 0.25) is 0 Å². The van der Waals surface area contributed by atoms with Gasteiger partial charge in [-0.05, 0) is 37.9 Å². The highest BCUT2D eigenvalue weighted by molar-refractivity contribution is 5.09. The van der Waals surface area contributed by atoms with E-state index < -0.39 is 0 Å². The van der Waals surface area contributed by atoms with E-state index in [0.717, 1.165) is 30.4 Å². The Hall–Kier alpha value is -0.890. The molecule has 1 unspecified atom stereocenters. The largest absolute Gasteiger partial charge is 0.311 e. The lowest BCUT2D eigenvalue weighted by Crippen LogP contribution is -2.22. The molecule has 0 spiro atoms. The third kappa shape index (κ3) is 5.83. The minimum absolute atomic E-state index is 0.819. The van der Waals surface area contributed by atoms with Gasteiger partial charge >= 0.3 is 0 Å². The molecule has 1 atom stereocenters. The summed E-state index contributed by atoms with van der Waals surface area (Å²) in [5, 5.41) is 3.53. The maximum absolute atomic E-state index is 4.50. The van der Waals surface area contributed by atoms with Crippen molar-refractivity contribution in [3.05, 3.63) is 29.6 Å². The molecule has 1 heterocycles. The lowest BCUT2D eigenvalue weighted by atomic mass is 9.99. The Morgan fingerprint density at radius 2 is 2.12 bits per heavy atom. The average molecular weight is 234 g/mol. The summed E-state index contributed by atoms with van der Waals surface area (Å²) in [6.07, 6.45) is 5.27. The molecule has 0 saturated heterocycles. The van der Waals surface area contributed by atoms with Gasteiger partial charge in [-0.3, -0.25) is 4.98 Å². The van der Waals surface area contributed by atoms with E-state index in [1.807, 2.05) is 13.0 Å². The molecule has 1 rings (SSSR count). The van der Waals surface area contributed by atoms with E-state index in [0.29, 0.717) is 0 Å². The Kier molecular flexibility index (Phi) is 6.87. The maximum Gasteiger partial charge on any atom is 0.0544 e. The van der Waals surface area contributed by atoms with Gasteiger partial charge in [0.25, 0.3) is 0 Å². The fourth-order valence-electron chi connectivity index (χ4n) is 2.05. The molecule has 0 fully saturated rings. The predicted molar refractivity (Wildman–Crippen MR) is 74.0 cm³/mol. The summed E-state index contributed by atoms with van der Waals surface area (Å²) in [6, 6.07) is 6.21. The molecule has 2 heteroatoms. The summed E-state index contributed by atoms with van der Waals surface area (Å²) >= 11 is 0. The van der Waals surface area contributed by atoms with Crippen molar-refractivity contribution in [3.63, 3.8) is 0 Å². The summed E-state index contributed by atoms with van der Waals surface area (Å²) in [5.41, 5.74) is 2.25. The van der Waals surface area contributed by atoms with E-state index >= 15 is 0 Å². The molecule has 0 aliphatic carbocycles. The van der Waals surface area contributed by atoms with Crippen LogP contribution in [0.15, 0.2) is 18.2 Å². The van der Waals surface area contributed by atoms with Gasteiger partial charge < -0.3 is 5.32 Å². The number of hydrogen-bond acceptors (Lipinski definition) is 2. The number of nitrogens with zero attached hydrogens (tertiary/aromatic N) is 1. The van der Waals surface area contributed by atoms with Crippen molar-refractivity contribution in [2.75, 3.05) is 6.54 Å². The lowest BCUT2D eigenvalue weighted by molar-refractivity contribution is 0.418. The van der Waals surface area contributed by atoms with Crippen LogP contribution in [0.4, 0.5) is 0 Å². The third-order valence-corrected chi connectivity index (χ3v) is 3.23. The molecule has 0 bridgehead atoms. The average Bonchev–Trinajstić information content (AvgIpc) is 2.33. The van der Waals surface area contributed by atoms with Crippen LogP contribution in [0, 0.1) is 12.8 Å². The number of aromatic nitrogens is 1. The SMILES string of the molecule is CCCCC(CC)CNCc1cccc(C)n1. The smallest absolute Gasteiger partial charge is 0.0544 e.